The second-order valence-electron chi connectivity index (χ2n) is 5.24. The van der Waals surface area contributed by atoms with E-state index < -0.39 is 5.97 Å². The molecule has 0 atom stereocenters. The topological polar surface area (TPSA) is 63.2 Å². The lowest BCUT2D eigenvalue weighted by Crippen LogP contribution is -2.04. The quantitative estimate of drug-likeness (QED) is 0.429. The molecule has 6 nitrogen and oxygen atoms in total. The molecule has 0 spiro atoms. The predicted molar refractivity (Wildman–Crippen MR) is 99.0 cm³/mol. The second kappa shape index (κ2) is 8.80. The molecule has 0 radical (unpaired) electrons. The summed E-state index contributed by atoms with van der Waals surface area (Å²) < 4.78 is 26.1. The van der Waals surface area contributed by atoms with Crippen LogP contribution in [0.3, 0.4) is 0 Å². The smallest absolute Gasteiger partial charge is 0.338 e. The van der Waals surface area contributed by atoms with E-state index in [1.165, 1.54) is 28.4 Å². The molecule has 0 N–H and O–H groups in total. The van der Waals surface area contributed by atoms with Crippen LogP contribution in [0.4, 0.5) is 0 Å². The molecular weight excluding hydrogens is 336 g/mol. The van der Waals surface area contributed by atoms with Crippen LogP contribution in [0.15, 0.2) is 36.4 Å². The highest BCUT2D eigenvalue weighted by Crippen LogP contribution is 2.39. The van der Waals surface area contributed by atoms with Gasteiger partial charge in [0, 0.05) is 0 Å². The minimum atomic E-state index is -0.455. The Hall–Kier alpha value is -3.15. The van der Waals surface area contributed by atoms with Crippen LogP contribution in [0.2, 0.25) is 0 Å². The summed E-state index contributed by atoms with van der Waals surface area (Å²) in [6, 6.07) is 10.7. The zero-order valence-electron chi connectivity index (χ0n) is 15.5. The molecule has 0 aromatic heterocycles. The second-order valence-corrected chi connectivity index (χ2v) is 5.24. The zero-order chi connectivity index (χ0) is 19.1. The number of hydrogen-bond acceptors (Lipinski definition) is 6. The van der Waals surface area contributed by atoms with Gasteiger partial charge in [0.1, 0.15) is 5.75 Å². The van der Waals surface area contributed by atoms with E-state index in [1.54, 1.807) is 49.6 Å². The lowest BCUT2D eigenvalue weighted by Gasteiger charge is -2.13. The molecule has 138 valence electrons. The summed E-state index contributed by atoms with van der Waals surface area (Å²) in [6.45, 7) is 0. The molecule has 2 aromatic rings. The SMILES string of the molecule is COC(=O)/C(=C/c1cc(OC)c(OC)c(OC)c1)c1ccc(OC)cc1. The lowest BCUT2D eigenvalue weighted by molar-refractivity contribution is -0.133. The highest BCUT2D eigenvalue weighted by Gasteiger charge is 2.16. The van der Waals surface area contributed by atoms with Crippen LogP contribution in [0.5, 0.6) is 23.0 Å². The van der Waals surface area contributed by atoms with Crippen molar-refractivity contribution in [3.05, 3.63) is 47.5 Å². The van der Waals surface area contributed by atoms with Gasteiger partial charge in [0.2, 0.25) is 5.75 Å². The summed E-state index contributed by atoms with van der Waals surface area (Å²) in [6.07, 6.45) is 1.71. The van der Waals surface area contributed by atoms with E-state index >= 15 is 0 Å². The molecule has 0 aliphatic carbocycles. The molecule has 0 saturated heterocycles. The van der Waals surface area contributed by atoms with E-state index in [4.69, 9.17) is 23.7 Å². The van der Waals surface area contributed by atoms with Crippen molar-refractivity contribution >= 4 is 17.6 Å². The molecule has 6 heteroatoms. The Morgan fingerprint density at radius 2 is 1.38 bits per heavy atom. The zero-order valence-corrected chi connectivity index (χ0v) is 15.5. The number of esters is 1. The van der Waals surface area contributed by atoms with Crippen LogP contribution >= 0.6 is 0 Å². The Balaban J connectivity index is 2.57. The third-order valence-corrected chi connectivity index (χ3v) is 3.80. The highest BCUT2D eigenvalue weighted by atomic mass is 16.5. The van der Waals surface area contributed by atoms with Gasteiger partial charge in [0.05, 0.1) is 41.1 Å². The molecule has 0 fully saturated rings. The Bertz CT molecular complexity index is 767. The van der Waals surface area contributed by atoms with E-state index in [0.29, 0.717) is 39.7 Å². The Kier molecular flexibility index (Phi) is 6.49. The minimum absolute atomic E-state index is 0.393. The maximum absolute atomic E-state index is 12.3. The summed E-state index contributed by atoms with van der Waals surface area (Å²) in [5.41, 5.74) is 1.80. The largest absolute Gasteiger partial charge is 0.497 e. The molecule has 2 rings (SSSR count). The molecule has 0 aliphatic heterocycles. The van der Waals surface area contributed by atoms with Crippen LogP contribution in [-0.2, 0) is 9.53 Å². The normalized spacial score (nSPS) is 10.9. The first kappa shape index (κ1) is 19.2. The summed E-state index contributed by atoms with van der Waals surface area (Å²) in [5, 5.41) is 0. The van der Waals surface area contributed by atoms with Gasteiger partial charge in [-0.3, -0.25) is 0 Å². The van der Waals surface area contributed by atoms with Gasteiger partial charge in [-0.25, -0.2) is 4.79 Å². The molecular formula is C20H22O6. The summed E-state index contributed by atoms with van der Waals surface area (Å²) in [7, 11) is 7.54. The van der Waals surface area contributed by atoms with Crippen LogP contribution in [-0.4, -0.2) is 41.5 Å². The number of ether oxygens (including phenoxy) is 5. The number of benzene rings is 2. The molecule has 26 heavy (non-hydrogen) atoms. The first-order chi connectivity index (χ1) is 12.6. The number of rotatable bonds is 7. The summed E-state index contributed by atoms with van der Waals surface area (Å²) in [5.74, 6) is 1.72. The van der Waals surface area contributed by atoms with Gasteiger partial charge in [-0.15, -0.1) is 0 Å². The van der Waals surface area contributed by atoms with Crippen molar-refractivity contribution in [1.29, 1.82) is 0 Å². The van der Waals surface area contributed by atoms with Crippen molar-refractivity contribution in [2.45, 2.75) is 0 Å². The van der Waals surface area contributed by atoms with Crippen molar-refractivity contribution < 1.29 is 28.5 Å². The predicted octanol–water partition coefficient (Wildman–Crippen LogP) is 3.43. The monoisotopic (exact) mass is 358 g/mol. The Morgan fingerprint density at radius 3 is 1.81 bits per heavy atom. The number of carbonyl (C=O) groups excluding carboxylic acids is 1. The average molecular weight is 358 g/mol. The lowest BCUT2D eigenvalue weighted by atomic mass is 10.0. The van der Waals surface area contributed by atoms with E-state index in [2.05, 4.69) is 0 Å². The van der Waals surface area contributed by atoms with Gasteiger partial charge in [0.15, 0.2) is 11.5 Å². The van der Waals surface area contributed by atoms with E-state index in [1.807, 2.05) is 0 Å². The van der Waals surface area contributed by atoms with Gasteiger partial charge in [-0.1, -0.05) is 12.1 Å². The highest BCUT2D eigenvalue weighted by molar-refractivity contribution is 6.21. The van der Waals surface area contributed by atoms with Crippen LogP contribution in [0.25, 0.3) is 11.6 Å². The minimum Gasteiger partial charge on any atom is -0.497 e. The molecule has 0 heterocycles. The van der Waals surface area contributed by atoms with Gasteiger partial charge in [-0.2, -0.15) is 0 Å². The molecule has 0 unspecified atom stereocenters. The molecule has 0 saturated carbocycles. The first-order valence-corrected chi connectivity index (χ1v) is 7.82. The van der Waals surface area contributed by atoms with Crippen molar-refractivity contribution in [2.75, 3.05) is 35.5 Å². The van der Waals surface area contributed by atoms with Crippen molar-refractivity contribution in [3.8, 4) is 23.0 Å². The summed E-state index contributed by atoms with van der Waals surface area (Å²) in [4.78, 5) is 12.3. The third kappa shape index (κ3) is 4.08. The van der Waals surface area contributed by atoms with Crippen LogP contribution in [0, 0.1) is 0 Å². The van der Waals surface area contributed by atoms with Gasteiger partial charge in [0.25, 0.3) is 0 Å². The number of carbonyl (C=O) groups is 1. The molecule has 0 bridgehead atoms. The van der Waals surface area contributed by atoms with E-state index in [0.717, 1.165) is 0 Å². The first-order valence-electron chi connectivity index (χ1n) is 7.82. The van der Waals surface area contributed by atoms with Gasteiger partial charge in [-0.05, 0) is 41.5 Å². The number of methoxy groups -OCH3 is 5. The fraction of sp³-hybridized carbons (Fsp3) is 0.250. The average Bonchev–Trinajstić information content (AvgIpc) is 2.70. The third-order valence-electron chi connectivity index (χ3n) is 3.80. The molecule has 0 aliphatic rings. The number of hydrogen-bond donors (Lipinski definition) is 0. The Morgan fingerprint density at radius 1 is 0.808 bits per heavy atom. The summed E-state index contributed by atoms with van der Waals surface area (Å²) >= 11 is 0. The van der Waals surface area contributed by atoms with Gasteiger partial charge < -0.3 is 23.7 Å². The molecule has 2 aromatic carbocycles. The standard InChI is InChI=1S/C20H22O6/c1-22-15-8-6-14(7-9-15)16(20(21)26-5)10-13-11-17(23-2)19(25-4)18(12-13)24-3/h6-12H,1-5H3/b16-10+. The maximum atomic E-state index is 12.3. The van der Waals surface area contributed by atoms with Crippen LogP contribution < -0.4 is 18.9 Å². The Labute approximate surface area is 152 Å². The van der Waals surface area contributed by atoms with Crippen molar-refractivity contribution in [3.63, 3.8) is 0 Å². The van der Waals surface area contributed by atoms with Crippen molar-refractivity contribution in [2.24, 2.45) is 0 Å². The van der Waals surface area contributed by atoms with Crippen LogP contribution in [0.1, 0.15) is 11.1 Å². The van der Waals surface area contributed by atoms with E-state index in [-0.39, 0.29) is 0 Å². The van der Waals surface area contributed by atoms with Crippen molar-refractivity contribution in [1.82, 2.24) is 0 Å². The molecule has 0 amide bonds. The fourth-order valence-corrected chi connectivity index (χ4v) is 2.49. The van der Waals surface area contributed by atoms with Gasteiger partial charge >= 0.3 is 5.97 Å². The fourth-order valence-electron chi connectivity index (χ4n) is 2.49. The maximum Gasteiger partial charge on any atom is 0.338 e. The van der Waals surface area contributed by atoms with E-state index in [9.17, 15) is 4.79 Å².